The molecule has 2 aromatic heterocycles. The molecule has 0 radical (unpaired) electrons. The van der Waals surface area contributed by atoms with Crippen LogP contribution in [0.2, 0.25) is 5.22 Å². The molecule has 1 unspecified atom stereocenters. The maximum Gasteiger partial charge on any atom is 0.263 e. The molecule has 0 saturated heterocycles. The van der Waals surface area contributed by atoms with Crippen LogP contribution in [0.4, 0.5) is 0 Å². The highest BCUT2D eigenvalue weighted by atomic mass is 35.5. The Bertz CT molecular complexity index is 464. The van der Waals surface area contributed by atoms with Gasteiger partial charge in [0.05, 0.1) is 6.20 Å². The van der Waals surface area contributed by atoms with E-state index in [2.05, 4.69) is 17.2 Å². The third-order valence-electron chi connectivity index (χ3n) is 2.34. The summed E-state index contributed by atoms with van der Waals surface area (Å²) in [6.07, 6.45) is 2.50. The van der Waals surface area contributed by atoms with Gasteiger partial charge in [-0.25, -0.2) is 4.98 Å². The summed E-state index contributed by atoms with van der Waals surface area (Å²) in [4.78, 5) is 4.14. The Morgan fingerprint density at radius 2 is 2.25 bits per heavy atom. The van der Waals surface area contributed by atoms with E-state index < -0.39 is 0 Å². The van der Waals surface area contributed by atoms with Crippen LogP contribution in [0.1, 0.15) is 12.7 Å². The Balaban J connectivity index is 2.13. The van der Waals surface area contributed by atoms with Gasteiger partial charge >= 0.3 is 0 Å². The average Bonchev–Trinajstić information content (AvgIpc) is 2.87. The third-order valence-corrected chi connectivity index (χ3v) is 2.54. The summed E-state index contributed by atoms with van der Waals surface area (Å²) in [5.41, 5.74) is 0. The van der Waals surface area contributed by atoms with E-state index in [-0.39, 0.29) is 0 Å². The molecule has 0 aliphatic heterocycles. The number of nitrogens with zero attached hydrogens (tertiary/aromatic N) is 1. The van der Waals surface area contributed by atoms with E-state index in [1.807, 2.05) is 7.05 Å². The quantitative estimate of drug-likeness (QED) is 0.893. The first-order valence-electron chi connectivity index (χ1n) is 5.06. The SMILES string of the molecule is CNC(C)Cc1cnc(-c2ccc(Cl)o2)o1. The second-order valence-corrected chi connectivity index (χ2v) is 4.00. The van der Waals surface area contributed by atoms with Crippen molar-refractivity contribution in [2.45, 2.75) is 19.4 Å². The molecular formula is C11H13ClN2O2. The van der Waals surface area contributed by atoms with Crippen molar-refractivity contribution < 1.29 is 8.83 Å². The summed E-state index contributed by atoms with van der Waals surface area (Å²) in [7, 11) is 1.91. The minimum Gasteiger partial charge on any atom is -0.440 e. The van der Waals surface area contributed by atoms with Crippen LogP contribution in [-0.4, -0.2) is 18.1 Å². The van der Waals surface area contributed by atoms with Crippen LogP contribution in [-0.2, 0) is 6.42 Å². The lowest BCUT2D eigenvalue weighted by molar-refractivity contribution is 0.462. The fourth-order valence-corrected chi connectivity index (χ4v) is 1.49. The Labute approximate surface area is 98.6 Å². The number of hydrogen-bond acceptors (Lipinski definition) is 4. The van der Waals surface area contributed by atoms with Gasteiger partial charge in [0.15, 0.2) is 11.0 Å². The van der Waals surface area contributed by atoms with E-state index in [0.29, 0.717) is 22.9 Å². The average molecular weight is 241 g/mol. The first-order chi connectivity index (χ1) is 7.69. The molecule has 0 bridgehead atoms. The van der Waals surface area contributed by atoms with Crippen molar-refractivity contribution in [2.75, 3.05) is 7.05 Å². The number of rotatable bonds is 4. The predicted octanol–water partition coefficient (Wildman–Crippen LogP) is 2.74. The van der Waals surface area contributed by atoms with Crippen molar-refractivity contribution in [1.82, 2.24) is 10.3 Å². The largest absolute Gasteiger partial charge is 0.440 e. The van der Waals surface area contributed by atoms with Crippen molar-refractivity contribution in [3.05, 3.63) is 29.3 Å². The Morgan fingerprint density at radius 1 is 1.44 bits per heavy atom. The third kappa shape index (κ3) is 2.46. The molecule has 2 heterocycles. The molecular weight excluding hydrogens is 228 g/mol. The predicted molar refractivity (Wildman–Crippen MR) is 61.4 cm³/mol. The van der Waals surface area contributed by atoms with Gasteiger partial charge in [-0.2, -0.15) is 0 Å². The van der Waals surface area contributed by atoms with Gasteiger partial charge in [0, 0.05) is 12.5 Å². The fraction of sp³-hybridized carbons (Fsp3) is 0.364. The van der Waals surface area contributed by atoms with E-state index in [9.17, 15) is 0 Å². The molecule has 0 amide bonds. The highest BCUT2D eigenvalue weighted by molar-refractivity contribution is 6.28. The number of nitrogens with one attached hydrogen (secondary N) is 1. The monoisotopic (exact) mass is 240 g/mol. The maximum atomic E-state index is 5.68. The summed E-state index contributed by atoms with van der Waals surface area (Å²) in [5, 5.41) is 3.47. The van der Waals surface area contributed by atoms with Crippen molar-refractivity contribution in [3.63, 3.8) is 0 Å². The van der Waals surface area contributed by atoms with Crippen LogP contribution in [0.5, 0.6) is 0 Å². The lowest BCUT2D eigenvalue weighted by Gasteiger charge is -2.05. The number of aromatic nitrogens is 1. The molecule has 1 N–H and O–H groups in total. The van der Waals surface area contributed by atoms with E-state index in [1.54, 1.807) is 18.3 Å². The van der Waals surface area contributed by atoms with Gasteiger partial charge in [-0.1, -0.05) is 0 Å². The first-order valence-corrected chi connectivity index (χ1v) is 5.44. The van der Waals surface area contributed by atoms with E-state index in [1.165, 1.54) is 0 Å². The summed E-state index contributed by atoms with van der Waals surface area (Å²) in [5.74, 6) is 1.84. The van der Waals surface area contributed by atoms with Gasteiger partial charge in [-0.3, -0.25) is 0 Å². The smallest absolute Gasteiger partial charge is 0.263 e. The zero-order valence-corrected chi connectivity index (χ0v) is 9.91. The van der Waals surface area contributed by atoms with Gasteiger partial charge in [-0.05, 0) is 37.7 Å². The first kappa shape index (κ1) is 11.2. The van der Waals surface area contributed by atoms with Crippen molar-refractivity contribution >= 4 is 11.6 Å². The summed E-state index contributed by atoms with van der Waals surface area (Å²) >= 11 is 5.68. The zero-order valence-electron chi connectivity index (χ0n) is 9.16. The molecule has 4 nitrogen and oxygen atoms in total. The molecule has 2 aromatic rings. The van der Waals surface area contributed by atoms with Gasteiger partial charge in [0.25, 0.3) is 5.89 Å². The highest BCUT2D eigenvalue weighted by Crippen LogP contribution is 2.24. The van der Waals surface area contributed by atoms with E-state index >= 15 is 0 Å². The molecule has 0 saturated carbocycles. The normalized spacial score (nSPS) is 12.9. The molecule has 0 aliphatic carbocycles. The van der Waals surface area contributed by atoms with Crippen LogP contribution in [0.3, 0.4) is 0 Å². The highest BCUT2D eigenvalue weighted by Gasteiger charge is 2.12. The lowest BCUT2D eigenvalue weighted by Crippen LogP contribution is -2.23. The molecule has 0 aromatic carbocycles. The molecule has 2 rings (SSSR count). The van der Waals surface area contributed by atoms with Crippen LogP contribution >= 0.6 is 11.6 Å². The zero-order chi connectivity index (χ0) is 11.5. The Hall–Kier alpha value is -1.26. The lowest BCUT2D eigenvalue weighted by atomic mass is 10.2. The van der Waals surface area contributed by atoms with Crippen LogP contribution in [0.15, 0.2) is 27.2 Å². The van der Waals surface area contributed by atoms with Crippen LogP contribution < -0.4 is 5.32 Å². The minimum absolute atomic E-state index is 0.332. The molecule has 16 heavy (non-hydrogen) atoms. The van der Waals surface area contributed by atoms with Gasteiger partial charge < -0.3 is 14.2 Å². The summed E-state index contributed by atoms with van der Waals surface area (Å²) in [6, 6.07) is 3.75. The van der Waals surface area contributed by atoms with Crippen molar-refractivity contribution in [1.29, 1.82) is 0 Å². The molecule has 0 aliphatic rings. The van der Waals surface area contributed by atoms with E-state index in [4.69, 9.17) is 20.4 Å². The van der Waals surface area contributed by atoms with Gasteiger partial charge in [-0.15, -0.1) is 0 Å². The fourth-order valence-electron chi connectivity index (χ4n) is 1.35. The van der Waals surface area contributed by atoms with Gasteiger partial charge in [0.2, 0.25) is 0 Å². The molecule has 86 valence electrons. The second-order valence-electron chi connectivity index (χ2n) is 3.63. The Kier molecular flexibility index (Phi) is 3.31. The van der Waals surface area contributed by atoms with Gasteiger partial charge in [0.1, 0.15) is 5.76 Å². The molecule has 5 heteroatoms. The summed E-state index contributed by atoms with van der Waals surface area (Å²) in [6.45, 7) is 2.08. The molecule has 0 spiro atoms. The minimum atomic E-state index is 0.332. The standard InChI is InChI=1S/C11H13ClN2O2/c1-7(13-2)5-8-6-14-11(15-8)9-3-4-10(12)16-9/h3-4,6-7,13H,5H2,1-2H3. The van der Waals surface area contributed by atoms with Crippen LogP contribution in [0.25, 0.3) is 11.7 Å². The van der Waals surface area contributed by atoms with Crippen molar-refractivity contribution in [3.8, 4) is 11.7 Å². The molecule has 1 atom stereocenters. The van der Waals surface area contributed by atoms with E-state index in [0.717, 1.165) is 12.2 Å². The Morgan fingerprint density at radius 3 is 2.88 bits per heavy atom. The number of likely N-dealkylation sites (N-methyl/N-ethyl adjacent to an activating group) is 1. The second kappa shape index (κ2) is 4.72. The summed E-state index contributed by atoms with van der Waals surface area (Å²) < 4.78 is 10.8. The number of hydrogen-bond donors (Lipinski definition) is 1. The number of oxazole rings is 1. The van der Waals surface area contributed by atoms with Crippen molar-refractivity contribution in [2.24, 2.45) is 0 Å². The van der Waals surface area contributed by atoms with Crippen LogP contribution in [0, 0.1) is 0 Å². The number of furan rings is 1. The number of halogens is 1. The topological polar surface area (TPSA) is 51.2 Å². The maximum absolute atomic E-state index is 5.68. The molecule has 0 fully saturated rings.